The first-order valence-electron chi connectivity index (χ1n) is 8.12. The van der Waals surface area contributed by atoms with E-state index in [1.165, 1.54) is 0 Å². The van der Waals surface area contributed by atoms with Crippen LogP contribution in [0.15, 0.2) is 24.3 Å². The third kappa shape index (κ3) is 5.82. The molecule has 0 radical (unpaired) electrons. The maximum atomic E-state index is 11.9. The Bertz CT molecular complexity index is 569. The van der Waals surface area contributed by atoms with Crippen molar-refractivity contribution in [3.8, 4) is 6.07 Å². The average molecular weight is 315 g/mol. The van der Waals surface area contributed by atoms with Crippen LogP contribution in [0.3, 0.4) is 0 Å². The molecule has 1 aliphatic carbocycles. The molecular formula is C18H25N3O2. The number of nitrogens with zero attached hydrogens (tertiary/aromatic N) is 1. The van der Waals surface area contributed by atoms with Crippen molar-refractivity contribution < 1.29 is 9.53 Å². The number of hydrogen-bond acceptors (Lipinski definition) is 4. The number of hydrogen-bond donors (Lipinski definition) is 2. The fraction of sp³-hybridized carbons (Fsp3) is 0.556. The largest absolute Gasteiger partial charge is 0.444 e. The molecule has 1 aliphatic rings. The highest BCUT2D eigenvalue weighted by Crippen LogP contribution is 2.23. The zero-order chi connectivity index (χ0) is 16.9. The van der Waals surface area contributed by atoms with Crippen LogP contribution < -0.4 is 10.6 Å². The summed E-state index contributed by atoms with van der Waals surface area (Å²) in [4.78, 5) is 11.9. The van der Waals surface area contributed by atoms with Crippen LogP contribution in [0.4, 0.5) is 10.5 Å². The normalized spacial score (nSPS) is 21.1. The maximum absolute atomic E-state index is 11.9. The highest BCUT2D eigenvalue weighted by molar-refractivity contribution is 5.68. The van der Waals surface area contributed by atoms with E-state index in [1.54, 1.807) is 0 Å². The number of ether oxygens (including phenoxy) is 1. The molecule has 23 heavy (non-hydrogen) atoms. The molecular weight excluding hydrogens is 290 g/mol. The van der Waals surface area contributed by atoms with Crippen LogP contribution in [-0.2, 0) is 4.74 Å². The van der Waals surface area contributed by atoms with Crippen molar-refractivity contribution in [2.75, 3.05) is 5.32 Å². The summed E-state index contributed by atoms with van der Waals surface area (Å²) in [6.45, 7) is 5.59. The van der Waals surface area contributed by atoms with Crippen LogP contribution >= 0.6 is 0 Å². The number of nitrogens with one attached hydrogen (secondary N) is 2. The van der Waals surface area contributed by atoms with Gasteiger partial charge in [-0.1, -0.05) is 0 Å². The summed E-state index contributed by atoms with van der Waals surface area (Å²) < 4.78 is 5.32. The van der Waals surface area contributed by atoms with Crippen molar-refractivity contribution in [2.24, 2.45) is 0 Å². The van der Waals surface area contributed by atoms with Crippen molar-refractivity contribution in [1.29, 1.82) is 5.26 Å². The van der Waals surface area contributed by atoms with Gasteiger partial charge in [-0.3, -0.25) is 0 Å². The number of carbonyl (C=O) groups excluding carboxylic acids is 1. The van der Waals surface area contributed by atoms with E-state index >= 15 is 0 Å². The van der Waals surface area contributed by atoms with Crippen LogP contribution in [0, 0.1) is 11.3 Å². The van der Waals surface area contributed by atoms with Crippen molar-refractivity contribution in [1.82, 2.24) is 5.32 Å². The van der Waals surface area contributed by atoms with Gasteiger partial charge in [-0.25, -0.2) is 4.79 Å². The molecule has 2 N–H and O–H groups in total. The number of benzene rings is 1. The van der Waals surface area contributed by atoms with Crippen LogP contribution in [0.2, 0.25) is 0 Å². The molecule has 0 aromatic heterocycles. The summed E-state index contributed by atoms with van der Waals surface area (Å²) in [5.74, 6) is 0. The van der Waals surface area contributed by atoms with E-state index in [4.69, 9.17) is 10.00 Å². The monoisotopic (exact) mass is 315 g/mol. The molecule has 0 saturated heterocycles. The highest BCUT2D eigenvalue weighted by atomic mass is 16.6. The quantitative estimate of drug-likeness (QED) is 0.889. The van der Waals surface area contributed by atoms with Gasteiger partial charge in [0, 0.05) is 17.8 Å². The Labute approximate surface area is 138 Å². The van der Waals surface area contributed by atoms with Crippen LogP contribution in [0.5, 0.6) is 0 Å². The topological polar surface area (TPSA) is 74.2 Å². The standard InChI is InChI=1S/C18H25N3O2/c1-18(2,3)23-17(22)21-16-6-4-5-15(11-16)20-14-9-7-13(12-19)8-10-14/h7-10,15-16,20H,4-6,11H2,1-3H3,(H,21,22)/t15-,16-/m0/s1. The maximum Gasteiger partial charge on any atom is 0.407 e. The van der Waals surface area contributed by atoms with Crippen molar-refractivity contribution in [3.05, 3.63) is 29.8 Å². The smallest absolute Gasteiger partial charge is 0.407 e. The molecule has 1 amide bonds. The Hall–Kier alpha value is -2.22. The minimum atomic E-state index is -0.473. The minimum Gasteiger partial charge on any atom is -0.444 e. The second kappa shape index (κ2) is 7.36. The predicted molar refractivity (Wildman–Crippen MR) is 90.2 cm³/mol. The summed E-state index contributed by atoms with van der Waals surface area (Å²) in [5, 5.41) is 15.3. The van der Waals surface area contributed by atoms with Gasteiger partial charge in [0.15, 0.2) is 0 Å². The first kappa shape index (κ1) is 17.1. The molecule has 2 atom stereocenters. The first-order valence-corrected chi connectivity index (χ1v) is 8.12. The minimum absolute atomic E-state index is 0.134. The Morgan fingerprint density at radius 1 is 1.22 bits per heavy atom. The number of carbonyl (C=O) groups is 1. The van der Waals surface area contributed by atoms with Gasteiger partial charge in [0.25, 0.3) is 0 Å². The zero-order valence-electron chi connectivity index (χ0n) is 14.1. The lowest BCUT2D eigenvalue weighted by molar-refractivity contribution is 0.0492. The first-order chi connectivity index (χ1) is 10.9. The van der Waals surface area contributed by atoms with E-state index < -0.39 is 5.60 Å². The van der Waals surface area contributed by atoms with Crippen molar-refractivity contribution in [2.45, 2.75) is 64.1 Å². The number of anilines is 1. The van der Waals surface area contributed by atoms with Crippen LogP contribution in [-0.4, -0.2) is 23.8 Å². The molecule has 0 spiro atoms. The summed E-state index contributed by atoms with van der Waals surface area (Å²) in [6, 6.07) is 10.0. The lowest BCUT2D eigenvalue weighted by atomic mass is 9.91. The summed E-state index contributed by atoms with van der Waals surface area (Å²) in [7, 11) is 0. The van der Waals surface area contributed by atoms with E-state index in [1.807, 2.05) is 45.0 Å². The van der Waals surface area contributed by atoms with E-state index in [2.05, 4.69) is 16.7 Å². The van der Waals surface area contributed by atoms with Crippen molar-refractivity contribution in [3.63, 3.8) is 0 Å². The van der Waals surface area contributed by atoms with E-state index in [-0.39, 0.29) is 12.1 Å². The summed E-state index contributed by atoms with van der Waals surface area (Å²) >= 11 is 0. The molecule has 0 heterocycles. The van der Waals surface area contributed by atoms with E-state index in [0.717, 1.165) is 31.4 Å². The zero-order valence-corrected chi connectivity index (χ0v) is 14.1. The highest BCUT2D eigenvalue weighted by Gasteiger charge is 2.25. The molecule has 124 valence electrons. The van der Waals surface area contributed by atoms with Crippen LogP contribution in [0.25, 0.3) is 0 Å². The molecule has 0 aliphatic heterocycles. The summed E-state index contributed by atoms with van der Waals surface area (Å²) in [5.41, 5.74) is 1.19. The van der Waals surface area contributed by atoms with E-state index in [0.29, 0.717) is 11.6 Å². The Kier molecular flexibility index (Phi) is 5.49. The third-order valence-corrected chi connectivity index (χ3v) is 3.78. The van der Waals surface area contributed by atoms with Gasteiger partial charge in [0.2, 0.25) is 0 Å². The molecule has 1 fully saturated rings. The number of amides is 1. The average Bonchev–Trinajstić information content (AvgIpc) is 2.46. The van der Waals surface area contributed by atoms with Crippen LogP contribution in [0.1, 0.15) is 52.0 Å². The Morgan fingerprint density at radius 2 is 1.87 bits per heavy atom. The Morgan fingerprint density at radius 3 is 2.48 bits per heavy atom. The molecule has 2 rings (SSSR count). The van der Waals surface area contributed by atoms with Gasteiger partial charge in [-0.2, -0.15) is 5.26 Å². The fourth-order valence-corrected chi connectivity index (χ4v) is 2.80. The lowest BCUT2D eigenvalue weighted by Crippen LogP contribution is -2.43. The molecule has 1 aromatic rings. The summed E-state index contributed by atoms with van der Waals surface area (Å²) in [6.07, 6.45) is 3.65. The molecule has 5 nitrogen and oxygen atoms in total. The molecule has 1 aromatic carbocycles. The second-order valence-corrected chi connectivity index (χ2v) is 7.04. The molecule has 1 saturated carbocycles. The van der Waals surface area contributed by atoms with Gasteiger partial charge in [0.1, 0.15) is 5.60 Å². The number of nitriles is 1. The van der Waals surface area contributed by atoms with Gasteiger partial charge < -0.3 is 15.4 Å². The van der Waals surface area contributed by atoms with Gasteiger partial charge in [0.05, 0.1) is 11.6 Å². The Balaban J connectivity index is 1.85. The lowest BCUT2D eigenvalue weighted by Gasteiger charge is -2.31. The van der Waals surface area contributed by atoms with Gasteiger partial charge in [-0.15, -0.1) is 0 Å². The van der Waals surface area contributed by atoms with E-state index in [9.17, 15) is 4.79 Å². The second-order valence-electron chi connectivity index (χ2n) is 7.04. The molecule has 5 heteroatoms. The third-order valence-electron chi connectivity index (χ3n) is 3.78. The predicted octanol–water partition coefficient (Wildman–Crippen LogP) is 3.81. The van der Waals surface area contributed by atoms with Gasteiger partial charge >= 0.3 is 6.09 Å². The fourth-order valence-electron chi connectivity index (χ4n) is 2.80. The SMILES string of the molecule is CC(C)(C)OC(=O)N[C@H]1CCC[C@H](Nc2ccc(C#N)cc2)C1. The van der Waals surface area contributed by atoms with Gasteiger partial charge in [-0.05, 0) is 70.7 Å². The molecule has 0 unspecified atom stereocenters. The van der Waals surface area contributed by atoms with Crippen molar-refractivity contribution >= 4 is 11.8 Å². The number of alkyl carbamates (subject to hydrolysis) is 1. The number of rotatable bonds is 3. The molecule has 0 bridgehead atoms.